The molecule has 0 bridgehead atoms. The number of aryl methyl sites for hydroxylation is 1. The molecule has 0 fully saturated rings. The highest BCUT2D eigenvalue weighted by Gasteiger charge is 2.24. The Balaban J connectivity index is 2.90. The summed E-state index contributed by atoms with van der Waals surface area (Å²) in [6, 6.07) is 5.00. The number of carbonyl (C=O) groups is 1. The Labute approximate surface area is 128 Å². The number of hydrogen-bond donors (Lipinski definition) is 1. The lowest BCUT2D eigenvalue weighted by Gasteiger charge is -2.18. The fourth-order valence-electron chi connectivity index (χ4n) is 1.59. The van der Waals surface area contributed by atoms with Crippen LogP contribution in [0.25, 0.3) is 0 Å². The molecule has 1 rings (SSSR count). The van der Waals surface area contributed by atoms with Gasteiger partial charge in [-0.1, -0.05) is 13.0 Å². The minimum Gasteiger partial charge on any atom is -0.355 e. The number of benzene rings is 1. The monoisotopic (exact) mass is 362 g/mol. The molecule has 0 saturated carbocycles. The molecular formula is C13H19BrN2O3S. The van der Waals surface area contributed by atoms with Gasteiger partial charge in [-0.05, 0) is 47.0 Å². The lowest BCUT2D eigenvalue weighted by atomic mass is 10.2. The van der Waals surface area contributed by atoms with E-state index in [1.807, 2.05) is 13.8 Å². The zero-order valence-corrected chi connectivity index (χ0v) is 14.2. The van der Waals surface area contributed by atoms with Crippen LogP contribution < -0.4 is 5.32 Å². The van der Waals surface area contributed by atoms with Crippen molar-refractivity contribution in [3.05, 3.63) is 28.2 Å². The molecule has 1 aromatic carbocycles. The van der Waals surface area contributed by atoms with Crippen molar-refractivity contribution < 1.29 is 13.2 Å². The molecule has 0 aromatic heterocycles. The summed E-state index contributed by atoms with van der Waals surface area (Å²) in [6.07, 6.45) is 0.811. The minimum atomic E-state index is -3.68. The van der Waals surface area contributed by atoms with Crippen molar-refractivity contribution in [2.75, 3.05) is 20.1 Å². The van der Waals surface area contributed by atoms with E-state index in [1.165, 1.54) is 13.1 Å². The quantitative estimate of drug-likeness (QED) is 0.840. The second-order valence-corrected chi connectivity index (χ2v) is 7.41. The van der Waals surface area contributed by atoms with E-state index in [9.17, 15) is 13.2 Å². The number of likely N-dealkylation sites (N-methyl/N-ethyl adjacent to an activating group) is 1. The summed E-state index contributed by atoms with van der Waals surface area (Å²) in [5.74, 6) is -0.304. The predicted octanol–water partition coefficient (Wildman–Crippen LogP) is 1.90. The molecule has 20 heavy (non-hydrogen) atoms. The Morgan fingerprint density at radius 3 is 2.60 bits per heavy atom. The summed E-state index contributed by atoms with van der Waals surface area (Å²) < 4.78 is 26.3. The molecule has 0 aliphatic heterocycles. The molecule has 0 heterocycles. The molecular weight excluding hydrogens is 344 g/mol. The maximum atomic E-state index is 12.4. The van der Waals surface area contributed by atoms with Gasteiger partial charge in [-0.15, -0.1) is 0 Å². The van der Waals surface area contributed by atoms with E-state index in [2.05, 4.69) is 21.2 Å². The number of nitrogens with zero attached hydrogens (tertiary/aromatic N) is 1. The molecule has 0 radical (unpaired) electrons. The third-order valence-corrected chi connectivity index (χ3v) is 5.49. The first-order chi connectivity index (χ1) is 9.28. The van der Waals surface area contributed by atoms with Crippen LogP contribution >= 0.6 is 15.9 Å². The van der Waals surface area contributed by atoms with Crippen molar-refractivity contribution >= 4 is 31.9 Å². The lowest BCUT2D eigenvalue weighted by Crippen LogP contribution is -2.38. The Morgan fingerprint density at radius 2 is 2.05 bits per heavy atom. The summed E-state index contributed by atoms with van der Waals surface area (Å²) >= 11 is 3.25. The lowest BCUT2D eigenvalue weighted by molar-refractivity contribution is -0.121. The van der Waals surface area contributed by atoms with Crippen LogP contribution in [0.3, 0.4) is 0 Å². The van der Waals surface area contributed by atoms with Crippen molar-refractivity contribution in [1.82, 2.24) is 9.62 Å². The average Bonchev–Trinajstić information content (AvgIpc) is 2.35. The van der Waals surface area contributed by atoms with Crippen molar-refractivity contribution in [2.24, 2.45) is 0 Å². The fourth-order valence-corrected chi connectivity index (χ4v) is 3.87. The van der Waals surface area contributed by atoms with E-state index in [0.29, 0.717) is 11.0 Å². The van der Waals surface area contributed by atoms with Gasteiger partial charge in [0.05, 0.1) is 11.4 Å². The smallest absolute Gasteiger partial charge is 0.244 e. The van der Waals surface area contributed by atoms with E-state index in [1.54, 1.807) is 12.1 Å². The molecule has 112 valence electrons. The largest absolute Gasteiger partial charge is 0.355 e. The predicted molar refractivity (Wildman–Crippen MR) is 82.0 cm³/mol. The standard InChI is InChI=1S/C13H19BrN2O3S/c1-4-7-15-13(17)9-16(3)20(18,19)12-6-5-10(2)8-11(12)14/h5-6,8H,4,7,9H2,1-3H3,(H,15,17). The summed E-state index contributed by atoms with van der Waals surface area (Å²) in [7, 11) is -2.28. The van der Waals surface area contributed by atoms with Gasteiger partial charge in [0.1, 0.15) is 0 Å². The molecule has 0 spiro atoms. The van der Waals surface area contributed by atoms with E-state index < -0.39 is 10.0 Å². The molecule has 0 aliphatic rings. The molecule has 1 aromatic rings. The third-order valence-electron chi connectivity index (χ3n) is 2.71. The number of hydrogen-bond acceptors (Lipinski definition) is 3. The van der Waals surface area contributed by atoms with Crippen LogP contribution in [-0.4, -0.2) is 38.8 Å². The Morgan fingerprint density at radius 1 is 1.40 bits per heavy atom. The van der Waals surface area contributed by atoms with E-state index >= 15 is 0 Å². The molecule has 1 N–H and O–H groups in total. The normalized spacial score (nSPS) is 11.7. The molecule has 0 unspecified atom stereocenters. The van der Waals surface area contributed by atoms with Gasteiger partial charge < -0.3 is 5.32 Å². The number of amides is 1. The maximum Gasteiger partial charge on any atom is 0.244 e. The molecule has 5 nitrogen and oxygen atoms in total. The zero-order valence-electron chi connectivity index (χ0n) is 11.8. The third kappa shape index (κ3) is 4.29. The molecule has 0 aliphatic carbocycles. The van der Waals surface area contributed by atoms with Gasteiger partial charge in [0.2, 0.25) is 15.9 Å². The van der Waals surface area contributed by atoms with Crippen LogP contribution in [-0.2, 0) is 14.8 Å². The molecule has 0 saturated heterocycles. The van der Waals surface area contributed by atoms with Gasteiger partial charge in [0.15, 0.2) is 0 Å². The summed E-state index contributed by atoms with van der Waals surface area (Å²) in [5, 5.41) is 2.65. The van der Waals surface area contributed by atoms with Gasteiger partial charge in [-0.2, -0.15) is 4.31 Å². The van der Waals surface area contributed by atoms with Crippen LogP contribution in [0, 0.1) is 6.92 Å². The van der Waals surface area contributed by atoms with Crippen molar-refractivity contribution in [2.45, 2.75) is 25.2 Å². The number of carbonyl (C=O) groups excluding carboxylic acids is 1. The minimum absolute atomic E-state index is 0.161. The van der Waals surface area contributed by atoms with E-state index in [4.69, 9.17) is 0 Å². The first-order valence-electron chi connectivity index (χ1n) is 6.28. The fraction of sp³-hybridized carbons (Fsp3) is 0.462. The number of rotatable bonds is 6. The van der Waals surface area contributed by atoms with Crippen molar-refractivity contribution in [3.8, 4) is 0 Å². The van der Waals surface area contributed by atoms with E-state index in [0.717, 1.165) is 16.3 Å². The van der Waals surface area contributed by atoms with Gasteiger partial charge in [0.25, 0.3) is 0 Å². The van der Waals surface area contributed by atoms with Gasteiger partial charge >= 0.3 is 0 Å². The molecule has 1 amide bonds. The average molecular weight is 363 g/mol. The maximum absolute atomic E-state index is 12.4. The number of halogens is 1. The highest BCUT2D eigenvalue weighted by atomic mass is 79.9. The second-order valence-electron chi connectivity index (χ2n) is 4.54. The highest BCUT2D eigenvalue weighted by molar-refractivity contribution is 9.10. The Bertz CT molecular complexity index is 587. The second kappa shape index (κ2) is 7.19. The first-order valence-corrected chi connectivity index (χ1v) is 8.51. The zero-order chi connectivity index (χ0) is 15.3. The Hall–Kier alpha value is -0.920. The Kier molecular flexibility index (Phi) is 6.16. The summed E-state index contributed by atoms with van der Waals surface area (Å²) in [5.41, 5.74) is 0.958. The van der Waals surface area contributed by atoms with Crippen LogP contribution in [0.1, 0.15) is 18.9 Å². The topological polar surface area (TPSA) is 66.5 Å². The van der Waals surface area contributed by atoms with Gasteiger partial charge in [-0.25, -0.2) is 8.42 Å². The van der Waals surface area contributed by atoms with Crippen molar-refractivity contribution in [3.63, 3.8) is 0 Å². The van der Waals surface area contributed by atoms with Crippen molar-refractivity contribution in [1.29, 1.82) is 0 Å². The molecule has 7 heteroatoms. The molecule has 0 atom stereocenters. The first kappa shape index (κ1) is 17.1. The summed E-state index contributed by atoms with van der Waals surface area (Å²) in [4.78, 5) is 11.8. The number of nitrogens with one attached hydrogen (secondary N) is 1. The number of sulfonamides is 1. The van der Waals surface area contributed by atoms with Gasteiger partial charge in [0, 0.05) is 18.1 Å². The SMILES string of the molecule is CCCNC(=O)CN(C)S(=O)(=O)c1ccc(C)cc1Br. The summed E-state index contributed by atoms with van der Waals surface area (Å²) in [6.45, 7) is 4.16. The van der Waals surface area contributed by atoms with Crippen LogP contribution in [0.2, 0.25) is 0 Å². The van der Waals surface area contributed by atoms with Gasteiger partial charge in [-0.3, -0.25) is 4.79 Å². The van der Waals surface area contributed by atoms with Crippen LogP contribution in [0.5, 0.6) is 0 Å². The van der Waals surface area contributed by atoms with Crippen LogP contribution in [0.4, 0.5) is 0 Å². The van der Waals surface area contributed by atoms with E-state index in [-0.39, 0.29) is 17.3 Å². The highest BCUT2D eigenvalue weighted by Crippen LogP contribution is 2.25. The van der Waals surface area contributed by atoms with Crippen LogP contribution in [0.15, 0.2) is 27.6 Å².